The summed E-state index contributed by atoms with van der Waals surface area (Å²) in [4.78, 5) is 12.5. The Hall–Kier alpha value is -0.520. The van der Waals surface area contributed by atoms with Crippen LogP contribution in [0.5, 0.6) is 0 Å². The molecule has 1 amide bonds. The number of benzene rings is 1. The first-order valence-electron chi connectivity index (χ1n) is 5.41. The van der Waals surface area contributed by atoms with E-state index in [4.69, 9.17) is 4.74 Å². The molecule has 0 saturated carbocycles. The highest BCUT2D eigenvalue weighted by Gasteiger charge is 2.08. The van der Waals surface area contributed by atoms with Gasteiger partial charge in [0.2, 0.25) is 0 Å². The summed E-state index contributed by atoms with van der Waals surface area (Å²) in [5.74, 6) is -0.0834. The van der Waals surface area contributed by atoms with Crippen LogP contribution in [0.2, 0.25) is 0 Å². The molecule has 3 nitrogen and oxygen atoms in total. The van der Waals surface area contributed by atoms with Gasteiger partial charge in [-0.2, -0.15) is 0 Å². The van der Waals surface area contributed by atoms with E-state index >= 15 is 0 Å². The minimum Gasteiger partial charge on any atom is -0.385 e. The third kappa shape index (κ3) is 5.10. The topological polar surface area (TPSA) is 38.3 Å². The van der Waals surface area contributed by atoms with E-state index in [1.54, 1.807) is 13.2 Å². The molecule has 1 aromatic rings. The van der Waals surface area contributed by atoms with Crippen molar-refractivity contribution in [3.63, 3.8) is 0 Å². The molecule has 1 aromatic carbocycles. The predicted molar refractivity (Wildman–Crippen MR) is 74.8 cm³/mol. The van der Waals surface area contributed by atoms with E-state index < -0.39 is 0 Å². The van der Waals surface area contributed by atoms with Gasteiger partial charge in [-0.15, -0.1) is 12.6 Å². The van der Waals surface area contributed by atoms with Gasteiger partial charge in [-0.1, -0.05) is 15.9 Å². The van der Waals surface area contributed by atoms with Crippen molar-refractivity contribution < 1.29 is 9.53 Å². The third-order valence-corrected chi connectivity index (χ3v) is 3.13. The first-order valence-corrected chi connectivity index (χ1v) is 6.65. The van der Waals surface area contributed by atoms with Crippen LogP contribution in [0.1, 0.15) is 23.2 Å². The molecule has 0 saturated heterocycles. The number of methoxy groups -OCH3 is 1. The molecule has 0 spiro atoms. The van der Waals surface area contributed by atoms with Crippen LogP contribution >= 0.6 is 28.6 Å². The Labute approximate surface area is 115 Å². The molecule has 0 aliphatic carbocycles. The molecule has 0 heterocycles. The molecule has 0 atom stereocenters. The standard InChI is InChI=1S/C12H16BrNO2S/c1-16-7-3-2-6-14-12(15)10-5-4-9(13)8-11(10)17/h4-5,8,17H,2-3,6-7H2,1H3,(H,14,15). The van der Waals surface area contributed by atoms with Crippen LogP contribution in [0.4, 0.5) is 0 Å². The summed E-state index contributed by atoms with van der Waals surface area (Å²) in [5.41, 5.74) is 0.600. The number of carbonyl (C=O) groups excluding carboxylic acids is 1. The fourth-order valence-electron chi connectivity index (χ4n) is 1.37. The Balaban J connectivity index is 2.42. The van der Waals surface area contributed by atoms with Gasteiger partial charge in [-0.25, -0.2) is 0 Å². The van der Waals surface area contributed by atoms with Crippen molar-refractivity contribution in [2.45, 2.75) is 17.7 Å². The van der Waals surface area contributed by atoms with Crippen LogP contribution < -0.4 is 5.32 Å². The zero-order valence-electron chi connectivity index (χ0n) is 9.70. The van der Waals surface area contributed by atoms with E-state index in [1.807, 2.05) is 12.1 Å². The van der Waals surface area contributed by atoms with Gasteiger partial charge in [0, 0.05) is 29.6 Å². The van der Waals surface area contributed by atoms with Gasteiger partial charge < -0.3 is 10.1 Å². The summed E-state index contributed by atoms with van der Waals surface area (Å²) in [7, 11) is 1.67. The van der Waals surface area contributed by atoms with Gasteiger partial charge in [0.05, 0.1) is 5.56 Å². The summed E-state index contributed by atoms with van der Waals surface area (Å²) in [6, 6.07) is 5.40. The van der Waals surface area contributed by atoms with Crippen LogP contribution in [0.3, 0.4) is 0 Å². The van der Waals surface area contributed by atoms with Crippen molar-refractivity contribution in [2.75, 3.05) is 20.3 Å². The average molecular weight is 318 g/mol. The molecule has 5 heteroatoms. The number of thiol groups is 1. The van der Waals surface area contributed by atoms with Gasteiger partial charge in [0.25, 0.3) is 5.91 Å². The van der Waals surface area contributed by atoms with Crippen LogP contribution in [0, 0.1) is 0 Å². The van der Waals surface area contributed by atoms with E-state index in [1.165, 1.54) is 0 Å². The number of rotatable bonds is 6. The van der Waals surface area contributed by atoms with Crippen LogP contribution in [-0.2, 0) is 4.74 Å². The maximum absolute atomic E-state index is 11.8. The van der Waals surface area contributed by atoms with Crippen LogP contribution in [0.15, 0.2) is 27.6 Å². The fraction of sp³-hybridized carbons (Fsp3) is 0.417. The third-order valence-electron chi connectivity index (χ3n) is 2.27. The molecule has 0 aliphatic heterocycles. The maximum atomic E-state index is 11.8. The van der Waals surface area contributed by atoms with Gasteiger partial charge in [-0.05, 0) is 31.0 Å². The minimum atomic E-state index is -0.0834. The molecule has 0 radical (unpaired) electrons. The monoisotopic (exact) mass is 317 g/mol. The molecule has 1 N–H and O–H groups in total. The summed E-state index contributed by atoms with van der Waals surface area (Å²) in [6.45, 7) is 1.39. The number of hydrogen-bond donors (Lipinski definition) is 2. The quantitative estimate of drug-likeness (QED) is 0.625. The molecular weight excluding hydrogens is 302 g/mol. The zero-order chi connectivity index (χ0) is 12.7. The van der Waals surface area contributed by atoms with Crippen molar-refractivity contribution in [1.82, 2.24) is 5.32 Å². The lowest BCUT2D eigenvalue weighted by Crippen LogP contribution is -2.25. The van der Waals surface area contributed by atoms with Gasteiger partial charge in [0.1, 0.15) is 0 Å². The van der Waals surface area contributed by atoms with Crippen molar-refractivity contribution in [3.05, 3.63) is 28.2 Å². The SMILES string of the molecule is COCCCCNC(=O)c1ccc(Br)cc1S. The molecule has 0 fully saturated rings. The summed E-state index contributed by atoms with van der Waals surface area (Å²) >= 11 is 7.61. The minimum absolute atomic E-state index is 0.0834. The largest absolute Gasteiger partial charge is 0.385 e. The molecule has 0 aromatic heterocycles. The molecule has 0 aliphatic rings. The number of ether oxygens (including phenoxy) is 1. The lowest BCUT2D eigenvalue weighted by Gasteiger charge is -2.07. The second-order valence-corrected chi connectivity index (χ2v) is 5.01. The Kier molecular flexibility index (Phi) is 6.62. The van der Waals surface area contributed by atoms with Crippen molar-refractivity contribution >= 4 is 34.5 Å². The fourth-order valence-corrected chi connectivity index (χ4v) is 2.22. The van der Waals surface area contributed by atoms with Gasteiger partial charge in [-0.3, -0.25) is 4.79 Å². The summed E-state index contributed by atoms with van der Waals surface area (Å²) in [6.07, 6.45) is 1.86. The van der Waals surface area contributed by atoms with E-state index in [2.05, 4.69) is 33.9 Å². The van der Waals surface area contributed by atoms with Crippen LogP contribution in [0.25, 0.3) is 0 Å². The average Bonchev–Trinajstić information content (AvgIpc) is 2.28. The normalized spacial score (nSPS) is 10.3. The molecule has 1 rings (SSSR count). The lowest BCUT2D eigenvalue weighted by molar-refractivity contribution is 0.0948. The number of hydrogen-bond acceptors (Lipinski definition) is 3. The van der Waals surface area contributed by atoms with E-state index in [-0.39, 0.29) is 5.91 Å². The Bertz CT molecular complexity index is 385. The summed E-state index contributed by atoms with van der Waals surface area (Å²) in [5, 5.41) is 2.86. The lowest BCUT2D eigenvalue weighted by atomic mass is 10.2. The Morgan fingerprint density at radius 2 is 2.24 bits per heavy atom. The molecular formula is C12H16BrNO2S. The molecule has 0 bridgehead atoms. The van der Waals surface area contributed by atoms with Gasteiger partial charge >= 0.3 is 0 Å². The second kappa shape index (κ2) is 7.74. The number of amides is 1. The first kappa shape index (κ1) is 14.5. The number of halogens is 1. The smallest absolute Gasteiger partial charge is 0.252 e. The Morgan fingerprint density at radius 3 is 2.88 bits per heavy atom. The van der Waals surface area contributed by atoms with Crippen molar-refractivity contribution in [2.24, 2.45) is 0 Å². The van der Waals surface area contributed by atoms with E-state index in [0.29, 0.717) is 17.0 Å². The van der Waals surface area contributed by atoms with E-state index in [0.717, 1.165) is 23.9 Å². The summed E-state index contributed by atoms with van der Waals surface area (Å²) < 4.78 is 5.85. The number of unbranched alkanes of at least 4 members (excludes halogenated alkanes) is 1. The Morgan fingerprint density at radius 1 is 1.47 bits per heavy atom. The number of nitrogens with one attached hydrogen (secondary N) is 1. The molecule has 94 valence electrons. The maximum Gasteiger partial charge on any atom is 0.252 e. The highest BCUT2D eigenvalue weighted by atomic mass is 79.9. The number of carbonyl (C=O) groups is 1. The second-order valence-electron chi connectivity index (χ2n) is 3.62. The van der Waals surface area contributed by atoms with Crippen LogP contribution in [-0.4, -0.2) is 26.2 Å². The van der Waals surface area contributed by atoms with Crippen molar-refractivity contribution in [1.29, 1.82) is 0 Å². The molecule has 0 unspecified atom stereocenters. The van der Waals surface area contributed by atoms with Crippen molar-refractivity contribution in [3.8, 4) is 0 Å². The predicted octanol–water partition coefficient (Wildman–Crippen LogP) is 2.89. The highest BCUT2D eigenvalue weighted by Crippen LogP contribution is 2.19. The highest BCUT2D eigenvalue weighted by molar-refractivity contribution is 9.10. The zero-order valence-corrected chi connectivity index (χ0v) is 12.2. The molecule has 17 heavy (non-hydrogen) atoms. The van der Waals surface area contributed by atoms with E-state index in [9.17, 15) is 4.79 Å². The van der Waals surface area contributed by atoms with Gasteiger partial charge in [0.15, 0.2) is 0 Å². The first-order chi connectivity index (χ1) is 8.15.